The van der Waals surface area contributed by atoms with Crippen LogP contribution in [-0.2, 0) is 11.2 Å². The molecule has 3 aliphatic rings. The van der Waals surface area contributed by atoms with Crippen molar-refractivity contribution in [2.75, 3.05) is 6.61 Å². The molecule has 2 aliphatic carbocycles. The summed E-state index contributed by atoms with van der Waals surface area (Å²) < 4.78 is 14.8. The van der Waals surface area contributed by atoms with Crippen LogP contribution in [0, 0.1) is 5.92 Å². The molecule has 2 fully saturated rings. The molecule has 3 heterocycles. The summed E-state index contributed by atoms with van der Waals surface area (Å²) in [7, 11) is 0. The third-order valence-electron chi connectivity index (χ3n) is 7.15. The standard InChI is InChI=1S/C26H29ClN4O2/c27-20-9-12-22-19(15-20)8-13-23(32-16-17-4-5-17)26-30-29-25(31(22)26)18-6-10-21(11-7-18)33-24-3-1-2-14-28-24/h1-3,9,12,14-15,17-18,21,23H,4-8,10-11,13,16H2. The highest BCUT2D eigenvalue weighted by Gasteiger charge is 2.34. The topological polar surface area (TPSA) is 62.1 Å². The number of hydrogen-bond donors (Lipinski definition) is 0. The van der Waals surface area contributed by atoms with Crippen molar-refractivity contribution in [1.29, 1.82) is 0 Å². The summed E-state index contributed by atoms with van der Waals surface area (Å²) in [6.07, 6.45) is 10.4. The lowest BCUT2D eigenvalue weighted by Crippen LogP contribution is -2.25. The smallest absolute Gasteiger partial charge is 0.213 e. The molecule has 1 atom stereocenters. The molecule has 0 spiro atoms. The van der Waals surface area contributed by atoms with Crippen LogP contribution in [0.15, 0.2) is 42.6 Å². The van der Waals surface area contributed by atoms with E-state index >= 15 is 0 Å². The monoisotopic (exact) mass is 464 g/mol. The van der Waals surface area contributed by atoms with E-state index in [0.29, 0.717) is 11.8 Å². The van der Waals surface area contributed by atoms with Crippen LogP contribution < -0.4 is 4.74 Å². The summed E-state index contributed by atoms with van der Waals surface area (Å²) in [6, 6.07) is 12.0. The number of fused-ring (bicyclic) bond motifs is 3. The Balaban J connectivity index is 1.25. The average molecular weight is 465 g/mol. The van der Waals surface area contributed by atoms with Gasteiger partial charge in [-0.2, -0.15) is 0 Å². The zero-order chi connectivity index (χ0) is 22.2. The van der Waals surface area contributed by atoms with Crippen molar-refractivity contribution in [1.82, 2.24) is 19.7 Å². The summed E-state index contributed by atoms with van der Waals surface area (Å²) in [5.41, 5.74) is 2.40. The number of aromatic nitrogens is 4. The Bertz CT molecular complexity index is 1110. The van der Waals surface area contributed by atoms with E-state index in [1.54, 1.807) is 6.20 Å². The highest BCUT2D eigenvalue weighted by atomic mass is 35.5. The first-order valence-electron chi connectivity index (χ1n) is 12.2. The number of hydrogen-bond acceptors (Lipinski definition) is 5. The zero-order valence-corrected chi connectivity index (χ0v) is 19.5. The van der Waals surface area contributed by atoms with Crippen molar-refractivity contribution in [3.8, 4) is 11.6 Å². The number of pyridine rings is 1. The minimum atomic E-state index is -0.0261. The van der Waals surface area contributed by atoms with Gasteiger partial charge in [-0.1, -0.05) is 17.7 Å². The van der Waals surface area contributed by atoms with Gasteiger partial charge in [-0.25, -0.2) is 4.98 Å². The van der Waals surface area contributed by atoms with Crippen molar-refractivity contribution in [3.05, 3.63) is 64.8 Å². The van der Waals surface area contributed by atoms with Crippen molar-refractivity contribution in [3.63, 3.8) is 0 Å². The fourth-order valence-corrected chi connectivity index (χ4v) is 5.33. The predicted octanol–water partition coefficient (Wildman–Crippen LogP) is 5.83. The van der Waals surface area contributed by atoms with E-state index in [4.69, 9.17) is 31.3 Å². The third kappa shape index (κ3) is 4.51. The van der Waals surface area contributed by atoms with Crippen molar-refractivity contribution < 1.29 is 9.47 Å². The largest absolute Gasteiger partial charge is 0.474 e. The quantitative estimate of drug-likeness (QED) is 0.459. The maximum Gasteiger partial charge on any atom is 0.213 e. The van der Waals surface area contributed by atoms with E-state index in [0.717, 1.165) is 73.4 Å². The van der Waals surface area contributed by atoms with Crippen LogP contribution in [0.3, 0.4) is 0 Å². The van der Waals surface area contributed by atoms with Gasteiger partial charge in [0.15, 0.2) is 5.82 Å². The Labute approximate surface area is 199 Å². The number of aryl methyl sites for hydroxylation is 1. The molecule has 172 valence electrons. The molecule has 7 heteroatoms. The molecule has 0 N–H and O–H groups in total. The molecule has 0 saturated heterocycles. The first-order chi connectivity index (χ1) is 16.2. The molecular formula is C26H29ClN4O2. The summed E-state index contributed by atoms with van der Waals surface area (Å²) in [5.74, 6) is 3.76. The van der Waals surface area contributed by atoms with Gasteiger partial charge < -0.3 is 9.47 Å². The van der Waals surface area contributed by atoms with Gasteiger partial charge in [0.25, 0.3) is 0 Å². The molecule has 6 rings (SSSR count). The molecule has 1 aliphatic heterocycles. The van der Waals surface area contributed by atoms with Crippen molar-refractivity contribution in [2.24, 2.45) is 5.92 Å². The summed E-state index contributed by atoms with van der Waals surface area (Å²) in [4.78, 5) is 4.31. The molecule has 2 aromatic heterocycles. The molecule has 1 unspecified atom stereocenters. The maximum atomic E-state index is 6.38. The lowest BCUT2D eigenvalue weighted by Gasteiger charge is -2.28. The van der Waals surface area contributed by atoms with Crippen LogP contribution in [-0.4, -0.2) is 32.5 Å². The highest BCUT2D eigenvalue weighted by Crippen LogP contribution is 2.40. The fraction of sp³-hybridized carbons (Fsp3) is 0.500. The first-order valence-corrected chi connectivity index (χ1v) is 12.6. The van der Waals surface area contributed by atoms with Crippen LogP contribution >= 0.6 is 11.6 Å². The number of nitrogens with zero attached hydrogens (tertiary/aromatic N) is 4. The molecule has 0 amide bonds. The van der Waals surface area contributed by atoms with Gasteiger partial charge in [0.05, 0.1) is 12.3 Å². The number of benzene rings is 1. The molecule has 33 heavy (non-hydrogen) atoms. The van der Waals surface area contributed by atoms with Gasteiger partial charge in [0, 0.05) is 23.2 Å². The van der Waals surface area contributed by atoms with Crippen LogP contribution in [0.25, 0.3) is 5.69 Å². The molecule has 0 radical (unpaired) electrons. The Morgan fingerprint density at radius 2 is 1.79 bits per heavy atom. The van der Waals surface area contributed by atoms with Gasteiger partial charge in [-0.15, -0.1) is 10.2 Å². The van der Waals surface area contributed by atoms with Crippen molar-refractivity contribution >= 4 is 11.6 Å². The zero-order valence-electron chi connectivity index (χ0n) is 18.7. The van der Waals surface area contributed by atoms with Gasteiger partial charge in [-0.05, 0) is 87.1 Å². The van der Waals surface area contributed by atoms with Gasteiger partial charge in [0.2, 0.25) is 5.88 Å². The predicted molar refractivity (Wildman–Crippen MR) is 126 cm³/mol. The van der Waals surface area contributed by atoms with E-state index in [9.17, 15) is 0 Å². The highest BCUT2D eigenvalue weighted by molar-refractivity contribution is 6.30. The van der Waals surface area contributed by atoms with Crippen LogP contribution in [0.1, 0.15) is 74.2 Å². The minimum Gasteiger partial charge on any atom is -0.474 e. The Morgan fingerprint density at radius 1 is 0.939 bits per heavy atom. The summed E-state index contributed by atoms with van der Waals surface area (Å²) in [5, 5.41) is 10.2. The Morgan fingerprint density at radius 3 is 2.58 bits per heavy atom. The lowest BCUT2D eigenvalue weighted by molar-refractivity contribution is 0.0337. The van der Waals surface area contributed by atoms with Crippen molar-refractivity contribution in [2.45, 2.75) is 69.5 Å². The van der Waals surface area contributed by atoms with Gasteiger partial charge in [-0.3, -0.25) is 4.57 Å². The van der Waals surface area contributed by atoms with E-state index in [1.165, 1.54) is 18.4 Å². The normalized spacial score (nSPS) is 24.6. The van der Waals surface area contributed by atoms with Gasteiger partial charge >= 0.3 is 0 Å². The molecule has 2 saturated carbocycles. The fourth-order valence-electron chi connectivity index (χ4n) is 5.14. The van der Waals surface area contributed by atoms with E-state index in [-0.39, 0.29) is 12.2 Å². The lowest BCUT2D eigenvalue weighted by atomic mass is 9.86. The Kier molecular flexibility index (Phi) is 5.80. The van der Waals surface area contributed by atoms with E-state index in [1.807, 2.05) is 24.3 Å². The minimum absolute atomic E-state index is 0.0261. The number of ether oxygens (including phenoxy) is 2. The maximum absolute atomic E-state index is 6.38. The summed E-state index contributed by atoms with van der Waals surface area (Å²) >= 11 is 6.36. The molecule has 6 nitrogen and oxygen atoms in total. The molecule has 1 aromatic carbocycles. The Hall–Kier alpha value is -2.44. The second kappa shape index (κ2) is 9.07. The third-order valence-corrected chi connectivity index (χ3v) is 7.39. The first kappa shape index (κ1) is 21.1. The van der Waals surface area contributed by atoms with Crippen LogP contribution in [0.5, 0.6) is 5.88 Å². The second-order valence-corrected chi connectivity index (χ2v) is 10.0. The van der Waals surface area contributed by atoms with Crippen LogP contribution in [0.2, 0.25) is 5.02 Å². The van der Waals surface area contributed by atoms with E-state index in [2.05, 4.69) is 21.7 Å². The number of rotatable bonds is 6. The van der Waals surface area contributed by atoms with Gasteiger partial charge in [0.1, 0.15) is 18.0 Å². The SMILES string of the molecule is Clc1ccc2c(c1)CCC(OCC1CC1)c1nnc(C3CCC(Oc4ccccn4)CC3)n1-2. The number of halogens is 1. The summed E-state index contributed by atoms with van der Waals surface area (Å²) in [6.45, 7) is 0.819. The second-order valence-electron chi connectivity index (χ2n) is 9.59. The molecule has 0 bridgehead atoms. The molecular weight excluding hydrogens is 436 g/mol. The van der Waals surface area contributed by atoms with E-state index < -0.39 is 0 Å². The average Bonchev–Trinajstić information content (AvgIpc) is 3.60. The van der Waals surface area contributed by atoms with Crippen LogP contribution in [0.4, 0.5) is 0 Å². The molecule has 3 aromatic rings.